The lowest BCUT2D eigenvalue weighted by Gasteiger charge is -2.12. The number of rotatable bonds is 13. The molecule has 6 nitrogen and oxygen atoms in total. The lowest BCUT2D eigenvalue weighted by molar-refractivity contribution is -0.135. The van der Waals surface area contributed by atoms with E-state index >= 15 is 0 Å². The molecule has 3 rings (SSSR count). The van der Waals surface area contributed by atoms with Gasteiger partial charge in [0, 0.05) is 18.7 Å². The topological polar surface area (TPSA) is 62.6 Å². The van der Waals surface area contributed by atoms with E-state index in [0.29, 0.717) is 37.9 Å². The molecule has 0 amide bonds. The molecule has 1 unspecified atom stereocenters. The number of hydrogen-bond donors (Lipinski definition) is 0. The maximum absolute atomic E-state index is 12.1. The van der Waals surface area contributed by atoms with Crippen LogP contribution >= 0.6 is 0 Å². The summed E-state index contributed by atoms with van der Waals surface area (Å²) in [5, 5.41) is 0. The monoisotopic (exact) mass is 454 g/mol. The molecule has 1 atom stereocenters. The number of unbranched alkanes of at least 4 members (excludes halogenated alkanes) is 6. The lowest BCUT2D eigenvalue weighted by atomic mass is 10.1. The van der Waals surface area contributed by atoms with Gasteiger partial charge in [0.2, 0.25) is 0 Å². The lowest BCUT2D eigenvalue weighted by Crippen LogP contribution is -2.23. The molecule has 1 aromatic carbocycles. The van der Waals surface area contributed by atoms with E-state index in [1.54, 1.807) is 10.8 Å². The number of aromatic nitrogens is 2. The Balaban J connectivity index is 1.22. The van der Waals surface area contributed by atoms with Crippen molar-refractivity contribution in [1.29, 1.82) is 0 Å². The third-order valence-corrected chi connectivity index (χ3v) is 5.15. The number of halogens is 3. The van der Waals surface area contributed by atoms with Gasteiger partial charge in [-0.25, -0.2) is 0 Å². The molecule has 0 saturated heterocycles. The molecule has 0 saturated carbocycles. The minimum absolute atomic E-state index is 0.204. The van der Waals surface area contributed by atoms with Crippen LogP contribution in [0.3, 0.4) is 0 Å². The largest absolute Gasteiger partial charge is 0.494 e. The number of nitrogens with zero attached hydrogens (tertiary/aromatic N) is 2. The highest BCUT2D eigenvalue weighted by Crippen LogP contribution is 2.23. The van der Waals surface area contributed by atoms with E-state index in [2.05, 4.69) is 4.98 Å². The quantitative estimate of drug-likeness (QED) is 0.392. The number of fused-ring (bicyclic) bond motifs is 1. The van der Waals surface area contributed by atoms with Crippen molar-refractivity contribution in [2.24, 2.45) is 0 Å². The van der Waals surface area contributed by atoms with Crippen molar-refractivity contribution in [3.63, 3.8) is 0 Å². The van der Waals surface area contributed by atoms with Crippen LogP contribution in [0, 0.1) is 0 Å². The van der Waals surface area contributed by atoms with E-state index in [0.717, 1.165) is 37.9 Å². The maximum Gasteiger partial charge on any atom is 0.389 e. The van der Waals surface area contributed by atoms with Crippen LogP contribution in [-0.2, 0) is 6.54 Å². The molecule has 9 heteroatoms. The molecule has 0 radical (unpaired) electrons. The van der Waals surface area contributed by atoms with Gasteiger partial charge < -0.3 is 14.2 Å². The summed E-state index contributed by atoms with van der Waals surface area (Å²) in [6.07, 6.45) is 2.37. The summed E-state index contributed by atoms with van der Waals surface area (Å²) in [6, 6.07) is 9.08. The summed E-state index contributed by atoms with van der Waals surface area (Å²) in [5.74, 6) is 1.46. The molecule has 0 spiro atoms. The molecule has 0 aliphatic carbocycles. The van der Waals surface area contributed by atoms with Gasteiger partial charge in [-0.2, -0.15) is 18.2 Å². The Bertz CT molecular complexity index is 884. The summed E-state index contributed by atoms with van der Waals surface area (Å²) in [7, 11) is 0. The van der Waals surface area contributed by atoms with Gasteiger partial charge in [-0.05, 0) is 37.1 Å². The Morgan fingerprint density at radius 3 is 2.25 bits per heavy atom. The molecule has 1 aliphatic heterocycles. The molecule has 1 aliphatic rings. The Morgan fingerprint density at radius 2 is 1.56 bits per heavy atom. The van der Waals surface area contributed by atoms with Crippen molar-refractivity contribution in [2.75, 3.05) is 13.2 Å². The number of benzene rings is 1. The molecular formula is C23H29F3N2O4. The first-order valence-electron chi connectivity index (χ1n) is 11.1. The zero-order valence-electron chi connectivity index (χ0n) is 18.0. The van der Waals surface area contributed by atoms with Gasteiger partial charge in [-0.3, -0.25) is 9.36 Å². The molecule has 1 aromatic heterocycles. The molecule has 32 heavy (non-hydrogen) atoms. The molecular weight excluding hydrogens is 425 g/mol. The van der Waals surface area contributed by atoms with Crippen LogP contribution in [0.25, 0.3) is 0 Å². The first-order valence-corrected chi connectivity index (χ1v) is 11.1. The van der Waals surface area contributed by atoms with Crippen LogP contribution in [0.15, 0.2) is 41.3 Å². The van der Waals surface area contributed by atoms with E-state index in [1.165, 1.54) is 6.07 Å². The van der Waals surface area contributed by atoms with E-state index in [9.17, 15) is 18.0 Å². The van der Waals surface area contributed by atoms with E-state index in [1.807, 2.05) is 24.3 Å². The third kappa shape index (κ3) is 8.43. The molecule has 2 heterocycles. The van der Waals surface area contributed by atoms with Crippen LogP contribution in [0.5, 0.6) is 17.5 Å². The normalized spacial score (nSPS) is 15.3. The van der Waals surface area contributed by atoms with Crippen LogP contribution in [-0.4, -0.2) is 35.0 Å². The summed E-state index contributed by atoms with van der Waals surface area (Å²) in [4.78, 5) is 15.1. The van der Waals surface area contributed by atoms with E-state index in [-0.39, 0.29) is 18.1 Å². The van der Waals surface area contributed by atoms with Crippen molar-refractivity contribution in [3.8, 4) is 17.5 Å². The predicted octanol–water partition coefficient (Wildman–Crippen LogP) is 5.15. The van der Waals surface area contributed by atoms with Gasteiger partial charge in [-0.1, -0.05) is 32.1 Å². The second kappa shape index (κ2) is 11.8. The summed E-state index contributed by atoms with van der Waals surface area (Å²) in [5.41, 5.74) is -0.326. The first kappa shape index (κ1) is 23.9. The zero-order chi connectivity index (χ0) is 22.8. The average molecular weight is 454 g/mol. The average Bonchev–Trinajstić information content (AvgIpc) is 3.15. The van der Waals surface area contributed by atoms with Crippen LogP contribution in [0.1, 0.15) is 51.4 Å². The van der Waals surface area contributed by atoms with Crippen molar-refractivity contribution < 1.29 is 27.4 Å². The fraction of sp³-hybridized carbons (Fsp3) is 0.565. The number of alkyl halides is 3. The highest BCUT2D eigenvalue weighted by Gasteiger charge is 2.25. The fourth-order valence-corrected chi connectivity index (χ4v) is 3.46. The third-order valence-electron chi connectivity index (χ3n) is 5.15. The molecule has 0 N–H and O–H groups in total. The minimum atomic E-state index is -4.03. The van der Waals surface area contributed by atoms with Crippen molar-refractivity contribution >= 4 is 0 Å². The summed E-state index contributed by atoms with van der Waals surface area (Å²) in [6.45, 7) is 1.53. The van der Waals surface area contributed by atoms with Gasteiger partial charge >= 0.3 is 6.18 Å². The fourth-order valence-electron chi connectivity index (χ4n) is 3.46. The molecule has 2 aromatic rings. The van der Waals surface area contributed by atoms with Crippen LogP contribution in [0.4, 0.5) is 13.2 Å². The summed E-state index contributed by atoms with van der Waals surface area (Å²) >= 11 is 0. The Hall–Kier alpha value is -2.71. The Kier molecular flexibility index (Phi) is 8.81. The highest BCUT2D eigenvalue weighted by atomic mass is 19.4. The second-order valence-corrected chi connectivity index (χ2v) is 7.91. The molecule has 176 valence electrons. The van der Waals surface area contributed by atoms with Crippen molar-refractivity contribution in [2.45, 2.75) is 70.2 Å². The standard InChI is InChI=1S/C23H29F3N2O4/c24-23(25,26)13-6-4-2-1-3-5-7-15-30-18-8-10-19(11-9-18)31-17-20-16-28-14-12-21(29)27-22(28)32-20/h8-12,14,20H,1-7,13,15-17H2. The van der Waals surface area contributed by atoms with Crippen molar-refractivity contribution in [3.05, 3.63) is 46.9 Å². The minimum Gasteiger partial charge on any atom is -0.494 e. The van der Waals surface area contributed by atoms with E-state index < -0.39 is 12.6 Å². The Morgan fingerprint density at radius 1 is 0.938 bits per heavy atom. The molecule has 0 fully saturated rings. The number of hydrogen-bond acceptors (Lipinski definition) is 5. The van der Waals surface area contributed by atoms with Crippen molar-refractivity contribution in [1.82, 2.24) is 9.55 Å². The maximum atomic E-state index is 12.1. The SMILES string of the molecule is O=c1ccn2c(n1)OC(COc1ccc(OCCCCCCCCCC(F)(F)F)cc1)C2. The van der Waals surface area contributed by atoms with Gasteiger partial charge in [-0.15, -0.1) is 0 Å². The van der Waals surface area contributed by atoms with Crippen LogP contribution < -0.4 is 19.8 Å². The second-order valence-electron chi connectivity index (χ2n) is 7.91. The van der Waals surface area contributed by atoms with Gasteiger partial charge in [0.1, 0.15) is 18.1 Å². The first-order chi connectivity index (χ1) is 15.4. The number of ether oxygens (including phenoxy) is 3. The highest BCUT2D eigenvalue weighted by molar-refractivity contribution is 5.31. The summed E-state index contributed by atoms with van der Waals surface area (Å²) < 4.78 is 55.0. The van der Waals surface area contributed by atoms with Crippen LogP contribution in [0.2, 0.25) is 0 Å². The zero-order valence-corrected chi connectivity index (χ0v) is 18.0. The smallest absolute Gasteiger partial charge is 0.389 e. The Labute approximate surface area is 185 Å². The van der Waals surface area contributed by atoms with Gasteiger partial charge in [0.25, 0.3) is 11.6 Å². The predicted molar refractivity (Wildman–Crippen MR) is 113 cm³/mol. The van der Waals surface area contributed by atoms with Gasteiger partial charge in [0.15, 0.2) is 6.10 Å². The molecule has 0 bridgehead atoms. The van der Waals surface area contributed by atoms with E-state index in [4.69, 9.17) is 14.2 Å². The van der Waals surface area contributed by atoms with Gasteiger partial charge in [0.05, 0.1) is 13.2 Å².